The Morgan fingerprint density at radius 2 is 1.88 bits per heavy atom. The molecule has 2 saturated heterocycles. The number of carbonyl (C=O) groups excluding carboxylic acids is 5. The quantitative estimate of drug-likeness (QED) is 0.377. The molecule has 3 heterocycles. The van der Waals surface area contributed by atoms with Crippen LogP contribution in [-0.2, 0) is 14.3 Å². The summed E-state index contributed by atoms with van der Waals surface area (Å²) in [6.07, 6.45) is 0.192. The first kappa shape index (κ1) is 31.3. The number of carbonyl (C=O) groups is 5. The summed E-state index contributed by atoms with van der Waals surface area (Å²) in [6.45, 7) is 9.19. The number of urea groups is 1. The molecule has 230 valence electrons. The summed E-state index contributed by atoms with van der Waals surface area (Å²) in [5.41, 5.74) is -0.00584. The summed E-state index contributed by atoms with van der Waals surface area (Å²) in [5, 5.41) is 5.58. The molecule has 1 aromatic carbocycles. The SMILES string of the molecule is CC#CCN1C(N2CCC[C@@H](NC(=O)OC(C)(C)C)C2)=NC2C1C(=O)N(CC(=O)Nc1ccccc1C(C)=O)C(=O)N2C. The van der Waals surface area contributed by atoms with Crippen molar-refractivity contribution in [3.05, 3.63) is 29.8 Å². The third kappa shape index (κ3) is 7.07. The molecule has 13 nitrogen and oxygen atoms in total. The van der Waals surface area contributed by atoms with Crippen molar-refractivity contribution in [2.45, 2.75) is 71.3 Å². The molecule has 3 aliphatic heterocycles. The van der Waals surface area contributed by atoms with Gasteiger partial charge < -0.3 is 30.1 Å². The molecule has 13 heteroatoms. The molecule has 0 saturated carbocycles. The lowest BCUT2D eigenvalue weighted by atomic mass is 10.1. The number of anilines is 1. The lowest BCUT2D eigenvalue weighted by Gasteiger charge is -2.42. The smallest absolute Gasteiger partial charge is 0.407 e. The Balaban J connectivity index is 1.53. The van der Waals surface area contributed by atoms with Gasteiger partial charge in [0.2, 0.25) is 11.9 Å². The second-order valence-corrected chi connectivity index (χ2v) is 11.7. The lowest BCUT2D eigenvalue weighted by Crippen LogP contribution is -2.66. The number of ether oxygens (including phenoxy) is 1. The number of imide groups is 1. The van der Waals surface area contributed by atoms with Crippen LogP contribution in [0.15, 0.2) is 29.3 Å². The van der Waals surface area contributed by atoms with E-state index in [1.165, 1.54) is 11.8 Å². The van der Waals surface area contributed by atoms with Crippen LogP contribution in [0.4, 0.5) is 15.3 Å². The van der Waals surface area contributed by atoms with Gasteiger partial charge in [-0.3, -0.25) is 19.3 Å². The fourth-order valence-corrected chi connectivity index (χ4v) is 5.39. The molecule has 0 aliphatic carbocycles. The number of hydrogen-bond donors (Lipinski definition) is 2. The first-order chi connectivity index (χ1) is 20.3. The molecule has 2 fully saturated rings. The van der Waals surface area contributed by atoms with Crippen LogP contribution >= 0.6 is 0 Å². The Morgan fingerprint density at radius 3 is 2.56 bits per heavy atom. The molecular weight excluding hydrogens is 554 g/mol. The number of alkyl carbamates (subject to hydrolysis) is 1. The maximum absolute atomic E-state index is 13.9. The topological polar surface area (TPSA) is 144 Å². The van der Waals surface area contributed by atoms with Gasteiger partial charge in [0.25, 0.3) is 5.91 Å². The standard InChI is InChI=1S/C30H39N7O6/c1-7-8-16-36-24-25(33-27(36)35-15-11-12-20(17-35)31-28(41)43-30(3,4)5)34(6)29(42)37(26(24)40)18-23(39)32-22-14-10-9-13-21(22)19(2)38/h9-10,13-14,20,24-25H,11-12,15-18H2,1-6H3,(H,31,41)(H,32,39)/t20-,24?,25?/m1/s1. The van der Waals surface area contributed by atoms with Crippen LogP contribution in [0, 0.1) is 11.8 Å². The van der Waals surface area contributed by atoms with Crippen molar-refractivity contribution >= 4 is 41.4 Å². The van der Waals surface area contributed by atoms with Crippen molar-refractivity contribution in [1.29, 1.82) is 0 Å². The summed E-state index contributed by atoms with van der Waals surface area (Å²) >= 11 is 0. The van der Waals surface area contributed by atoms with Crippen molar-refractivity contribution < 1.29 is 28.7 Å². The van der Waals surface area contributed by atoms with Gasteiger partial charge in [-0.1, -0.05) is 18.1 Å². The summed E-state index contributed by atoms with van der Waals surface area (Å²) in [4.78, 5) is 75.4. The third-order valence-electron chi connectivity index (χ3n) is 7.30. The Labute approximate surface area is 251 Å². The van der Waals surface area contributed by atoms with E-state index in [0.29, 0.717) is 30.3 Å². The van der Waals surface area contributed by atoms with Gasteiger partial charge in [-0.05, 0) is 59.6 Å². The Bertz CT molecular complexity index is 1390. The maximum atomic E-state index is 13.9. The predicted molar refractivity (Wildman–Crippen MR) is 159 cm³/mol. The van der Waals surface area contributed by atoms with E-state index in [2.05, 4.69) is 22.5 Å². The van der Waals surface area contributed by atoms with Crippen LogP contribution in [-0.4, -0.2) is 112 Å². The molecule has 5 amide bonds. The molecule has 3 atom stereocenters. The molecule has 0 bridgehead atoms. The van der Waals surface area contributed by atoms with Crippen LogP contribution in [0.3, 0.4) is 0 Å². The summed E-state index contributed by atoms with van der Waals surface area (Å²) in [7, 11) is 1.54. The van der Waals surface area contributed by atoms with E-state index >= 15 is 0 Å². The van der Waals surface area contributed by atoms with Gasteiger partial charge >= 0.3 is 12.1 Å². The average molecular weight is 594 g/mol. The van der Waals surface area contributed by atoms with Crippen LogP contribution in [0.1, 0.15) is 57.8 Å². The van der Waals surface area contributed by atoms with Crippen molar-refractivity contribution in [3.8, 4) is 11.8 Å². The van der Waals surface area contributed by atoms with Crippen LogP contribution < -0.4 is 10.6 Å². The summed E-state index contributed by atoms with van der Waals surface area (Å²) in [5.74, 6) is 4.95. The number of Topliss-reactive ketones (excluding diaryl/α,β-unsaturated/α-hetero) is 1. The number of benzene rings is 1. The number of aliphatic imine (C=N–C) groups is 1. The molecule has 0 aromatic heterocycles. The van der Waals surface area contributed by atoms with E-state index in [-0.39, 0.29) is 18.4 Å². The first-order valence-corrected chi connectivity index (χ1v) is 14.3. The Morgan fingerprint density at radius 1 is 1.16 bits per heavy atom. The van der Waals surface area contributed by atoms with E-state index in [1.807, 2.05) is 4.90 Å². The monoisotopic (exact) mass is 593 g/mol. The van der Waals surface area contributed by atoms with Gasteiger partial charge in [0.1, 0.15) is 12.1 Å². The molecule has 2 unspecified atom stereocenters. The van der Waals surface area contributed by atoms with Gasteiger partial charge in [0.05, 0.1) is 12.2 Å². The molecule has 4 rings (SSSR count). The van der Waals surface area contributed by atoms with Gasteiger partial charge in [-0.25, -0.2) is 14.6 Å². The van der Waals surface area contributed by atoms with E-state index in [0.717, 1.165) is 17.7 Å². The predicted octanol–water partition coefficient (Wildman–Crippen LogP) is 2.10. The van der Waals surface area contributed by atoms with Crippen molar-refractivity contribution in [3.63, 3.8) is 0 Å². The van der Waals surface area contributed by atoms with Crippen LogP contribution in [0.25, 0.3) is 0 Å². The molecular formula is C30H39N7O6. The second-order valence-electron chi connectivity index (χ2n) is 11.7. The molecule has 43 heavy (non-hydrogen) atoms. The molecule has 2 N–H and O–H groups in total. The number of nitrogens with one attached hydrogen (secondary N) is 2. The number of piperidine rings is 1. The number of guanidine groups is 1. The maximum Gasteiger partial charge on any atom is 0.407 e. The first-order valence-electron chi connectivity index (χ1n) is 14.3. The Hall–Kier alpha value is -4.60. The minimum atomic E-state index is -0.893. The van der Waals surface area contributed by atoms with E-state index in [4.69, 9.17) is 9.73 Å². The zero-order chi connectivity index (χ0) is 31.5. The van der Waals surface area contributed by atoms with Gasteiger partial charge in [0, 0.05) is 31.7 Å². The van der Waals surface area contributed by atoms with Crippen molar-refractivity contribution in [1.82, 2.24) is 24.9 Å². The number of hydrogen-bond acceptors (Lipinski definition) is 9. The Kier molecular flexibility index (Phi) is 9.27. The van der Waals surface area contributed by atoms with Crippen LogP contribution in [0.5, 0.6) is 0 Å². The summed E-state index contributed by atoms with van der Waals surface area (Å²) in [6, 6.07) is 4.78. The average Bonchev–Trinajstić information content (AvgIpc) is 3.32. The number of fused-ring (bicyclic) bond motifs is 1. The highest BCUT2D eigenvalue weighted by atomic mass is 16.6. The minimum absolute atomic E-state index is 0.178. The number of ketones is 1. The zero-order valence-electron chi connectivity index (χ0n) is 25.5. The van der Waals surface area contributed by atoms with Crippen LogP contribution in [0.2, 0.25) is 0 Å². The number of rotatable bonds is 6. The van der Waals surface area contributed by atoms with Crippen molar-refractivity contribution in [2.75, 3.05) is 38.5 Å². The highest BCUT2D eigenvalue weighted by Gasteiger charge is 2.53. The van der Waals surface area contributed by atoms with E-state index in [9.17, 15) is 24.0 Å². The van der Waals surface area contributed by atoms with Gasteiger partial charge in [-0.15, -0.1) is 5.92 Å². The normalized spacial score (nSPS) is 21.9. The third-order valence-corrected chi connectivity index (χ3v) is 7.30. The second kappa shape index (κ2) is 12.7. The highest BCUT2D eigenvalue weighted by Crippen LogP contribution is 2.30. The molecule has 0 spiro atoms. The lowest BCUT2D eigenvalue weighted by molar-refractivity contribution is -0.139. The molecule has 1 aromatic rings. The number of likely N-dealkylation sites (tertiary alicyclic amines) is 1. The number of para-hydroxylation sites is 1. The zero-order valence-corrected chi connectivity index (χ0v) is 25.5. The number of nitrogens with zero attached hydrogens (tertiary/aromatic N) is 5. The summed E-state index contributed by atoms with van der Waals surface area (Å²) < 4.78 is 5.42. The number of likely N-dealkylation sites (N-methyl/N-ethyl adjacent to an activating group) is 1. The molecule has 3 aliphatic rings. The van der Waals surface area contributed by atoms with E-state index in [1.54, 1.807) is 63.9 Å². The minimum Gasteiger partial charge on any atom is -0.444 e. The largest absolute Gasteiger partial charge is 0.444 e. The van der Waals surface area contributed by atoms with Crippen molar-refractivity contribution in [2.24, 2.45) is 4.99 Å². The van der Waals surface area contributed by atoms with Gasteiger partial charge in [-0.2, -0.15) is 0 Å². The van der Waals surface area contributed by atoms with E-state index < -0.39 is 48.3 Å². The number of amides is 5. The van der Waals surface area contributed by atoms with Gasteiger partial charge in [0.15, 0.2) is 18.0 Å². The fourth-order valence-electron chi connectivity index (χ4n) is 5.39. The fraction of sp³-hybridized carbons (Fsp3) is 0.533. The molecule has 0 radical (unpaired) electrons. The highest BCUT2D eigenvalue weighted by molar-refractivity contribution is 6.09.